The second kappa shape index (κ2) is 11.5. The van der Waals surface area contributed by atoms with Crippen molar-refractivity contribution in [1.29, 1.82) is 0 Å². The molecule has 0 N–H and O–H groups in total. The maximum atomic E-state index is 13.8. The molecule has 2 aliphatic rings. The number of allylic oxidation sites excluding steroid dienone is 1. The molecule has 1 aromatic heterocycles. The van der Waals surface area contributed by atoms with Gasteiger partial charge in [0.15, 0.2) is 0 Å². The highest BCUT2D eigenvalue weighted by Gasteiger charge is 2.46. The lowest BCUT2D eigenvalue weighted by Gasteiger charge is -2.27. The number of rotatable bonds is 8. The predicted molar refractivity (Wildman–Crippen MR) is 162 cm³/mol. The highest BCUT2D eigenvalue weighted by atomic mass is 32.2. The lowest BCUT2D eigenvalue weighted by molar-refractivity contribution is -0.122. The van der Waals surface area contributed by atoms with E-state index in [1.807, 2.05) is 31.2 Å². The Labute approximate surface area is 248 Å². The smallest absolute Gasteiger partial charge is 0.252 e. The van der Waals surface area contributed by atoms with Crippen LogP contribution in [0.25, 0.3) is 20.8 Å². The Morgan fingerprint density at radius 1 is 1.02 bits per heavy atom. The quantitative estimate of drug-likeness (QED) is 0.167. The van der Waals surface area contributed by atoms with Gasteiger partial charge in [-0.25, -0.2) is 22.7 Å². The number of fused-ring (bicyclic) bond motifs is 1. The number of imide groups is 1. The molecule has 1 unspecified atom stereocenters. The summed E-state index contributed by atoms with van der Waals surface area (Å²) >= 11 is 1.57. The highest BCUT2D eigenvalue weighted by Crippen LogP contribution is 2.34. The Morgan fingerprint density at radius 3 is 2.50 bits per heavy atom. The zero-order valence-electron chi connectivity index (χ0n) is 23.1. The Kier molecular flexibility index (Phi) is 7.78. The number of anilines is 1. The van der Waals surface area contributed by atoms with Gasteiger partial charge in [-0.05, 0) is 105 Å². The third-order valence-electron chi connectivity index (χ3n) is 7.85. The van der Waals surface area contributed by atoms with E-state index in [9.17, 15) is 22.4 Å². The maximum absolute atomic E-state index is 13.8. The second-order valence-electron chi connectivity index (χ2n) is 10.8. The average Bonchev–Trinajstić information content (AvgIpc) is 3.53. The summed E-state index contributed by atoms with van der Waals surface area (Å²) in [6.45, 7) is 2.09. The van der Waals surface area contributed by atoms with Gasteiger partial charge in [0.25, 0.3) is 5.91 Å². The number of amides is 2. The Morgan fingerprint density at radius 2 is 1.79 bits per heavy atom. The van der Waals surface area contributed by atoms with Crippen molar-refractivity contribution in [3.8, 4) is 10.6 Å². The number of aromatic nitrogens is 1. The fourth-order valence-electron chi connectivity index (χ4n) is 5.59. The molecule has 216 valence electrons. The van der Waals surface area contributed by atoms with Crippen LogP contribution >= 0.6 is 11.3 Å². The average molecular weight is 604 g/mol. The zero-order valence-corrected chi connectivity index (χ0v) is 24.8. The van der Waals surface area contributed by atoms with E-state index >= 15 is 0 Å². The minimum Gasteiger partial charge on any atom is -0.274 e. The van der Waals surface area contributed by atoms with Crippen molar-refractivity contribution in [2.45, 2.75) is 56.4 Å². The van der Waals surface area contributed by atoms with Gasteiger partial charge in [-0.3, -0.25) is 9.59 Å². The van der Waals surface area contributed by atoms with Crippen molar-refractivity contribution in [2.24, 2.45) is 0 Å². The van der Waals surface area contributed by atoms with E-state index in [-0.39, 0.29) is 17.9 Å². The number of sulfonamides is 1. The number of aryl methyl sites for hydroxylation is 1. The van der Waals surface area contributed by atoms with Gasteiger partial charge in [0, 0.05) is 12.1 Å². The molecule has 2 heterocycles. The third kappa shape index (κ3) is 5.54. The minimum atomic E-state index is -4.19. The van der Waals surface area contributed by atoms with Crippen molar-refractivity contribution >= 4 is 49.1 Å². The Bertz CT molecular complexity index is 1800. The topological polar surface area (TPSA) is 87.7 Å². The summed E-state index contributed by atoms with van der Waals surface area (Å²) < 4.78 is 43.4. The molecule has 42 heavy (non-hydrogen) atoms. The van der Waals surface area contributed by atoms with Crippen LogP contribution in [0.1, 0.15) is 44.1 Å². The summed E-state index contributed by atoms with van der Waals surface area (Å²) in [5.74, 6) is -1.62. The van der Waals surface area contributed by atoms with Gasteiger partial charge in [-0.1, -0.05) is 17.7 Å². The summed E-state index contributed by atoms with van der Waals surface area (Å²) in [6.07, 6.45) is 6.30. The van der Waals surface area contributed by atoms with Crippen LogP contribution in [0.15, 0.2) is 83.3 Å². The van der Waals surface area contributed by atoms with Crippen LogP contribution in [-0.4, -0.2) is 42.1 Å². The number of hydrogen-bond acceptors (Lipinski definition) is 6. The standard InChI is InChI=1S/C32H30FN3O4S2/c1-21-7-16-27-29(19-21)41-31(34-27)23-8-12-25(13-9-23)36-30(37)20-28(32(36)38)35(18-17-22-5-3-2-4-6-22)42(39,40)26-14-10-24(33)11-15-26/h5,7-16,19,28H,2-4,6,17-18,20H2,1H3. The number of nitrogens with zero attached hydrogens (tertiary/aromatic N) is 3. The van der Waals surface area contributed by atoms with Crippen LogP contribution in [0.3, 0.4) is 0 Å². The predicted octanol–water partition coefficient (Wildman–Crippen LogP) is 6.62. The fourth-order valence-corrected chi connectivity index (χ4v) is 8.24. The SMILES string of the molecule is Cc1ccc2nc(-c3ccc(N4C(=O)CC(N(CCC5=CCCCC5)S(=O)(=O)c5ccc(F)cc5)C4=O)cc3)sc2c1. The van der Waals surface area contributed by atoms with Crippen molar-refractivity contribution in [1.82, 2.24) is 9.29 Å². The number of halogens is 1. The monoisotopic (exact) mass is 603 g/mol. The van der Waals surface area contributed by atoms with Gasteiger partial charge < -0.3 is 0 Å². The first kappa shape index (κ1) is 28.4. The van der Waals surface area contributed by atoms with Crippen LogP contribution in [0.5, 0.6) is 0 Å². The number of carbonyl (C=O) groups is 2. The highest BCUT2D eigenvalue weighted by molar-refractivity contribution is 7.89. The molecule has 2 amide bonds. The van der Waals surface area contributed by atoms with Gasteiger partial charge in [0.2, 0.25) is 15.9 Å². The molecule has 0 spiro atoms. The van der Waals surface area contributed by atoms with Crippen LogP contribution < -0.4 is 4.90 Å². The molecule has 0 radical (unpaired) electrons. The number of benzene rings is 3. The maximum Gasteiger partial charge on any atom is 0.252 e. The zero-order chi connectivity index (χ0) is 29.4. The summed E-state index contributed by atoms with van der Waals surface area (Å²) in [4.78, 5) is 32.7. The van der Waals surface area contributed by atoms with Crippen molar-refractivity contribution in [2.75, 3.05) is 11.4 Å². The van der Waals surface area contributed by atoms with Crippen LogP contribution in [-0.2, 0) is 19.6 Å². The molecule has 0 saturated carbocycles. The van der Waals surface area contributed by atoms with Crippen molar-refractivity contribution in [3.63, 3.8) is 0 Å². The van der Waals surface area contributed by atoms with E-state index < -0.39 is 33.7 Å². The van der Waals surface area contributed by atoms with Gasteiger partial charge in [-0.15, -0.1) is 11.3 Å². The molecule has 1 atom stereocenters. The lowest BCUT2D eigenvalue weighted by atomic mass is 9.97. The van der Waals surface area contributed by atoms with Gasteiger partial charge in [0.1, 0.15) is 16.9 Å². The van der Waals surface area contributed by atoms with Crippen molar-refractivity contribution < 1.29 is 22.4 Å². The van der Waals surface area contributed by atoms with Crippen LogP contribution in [0, 0.1) is 12.7 Å². The normalized spacial score (nSPS) is 17.8. The number of hydrogen-bond donors (Lipinski definition) is 0. The van der Waals surface area contributed by atoms with Crippen LogP contribution in [0.2, 0.25) is 0 Å². The van der Waals surface area contributed by atoms with E-state index in [0.717, 1.165) is 78.9 Å². The molecule has 10 heteroatoms. The van der Waals surface area contributed by atoms with Crippen LogP contribution in [0.4, 0.5) is 10.1 Å². The van der Waals surface area contributed by atoms with Gasteiger partial charge >= 0.3 is 0 Å². The third-order valence-corrected chi connectivity index (χ3v) is 10.8. The molecule has 1 aliphatic heterocycles. The van der Waals surface area contributed by atoms with E-state index in [2.05, 4.69) is 12.1 Å². The summed E-state index contributed by atoms with van der Waals surface area (Å²) in [5, 5.41) is 0.827. The first-order chi connectivity index (χ1) is 20.2. The fraction of sp³-hybridized carbons (Fsp3) is 0.281. The first-order valence-corrected chi connectivity index (χ1v) is 16.3. The van der Waals surface area contributed by atoms with E-state index in [0.29, 0.717) is 12.1 Å². The molecule has 4 aromatic rings. The molecular weight excluding hydrogens is 574 g/mol. The number of carbonyl (C=O) groups excluding carboxylic acids is 2. The van der Waals surface area contributed by atoms with E-state index in [1.165, 1.54) is 12.1 Å². The summed E-state index contributed by atoms with van der Waals surface area (Å²) in [5.41, 5.74) is 4.44. The minimum absolute atomic E-state index is 0.0547. The Balaban J connectivity index is 1.28. The Hall–Kier alpha value is -3.73. The summed E-state index contributed by atoms with van der Waals surface area (Å²) in [7, 11) is -4.19. The molecular formula is C32H30FN3O4S2. The largest absolute Gasteiger partial charge is 0.274 e. The second-order valence-corrected chi connectivity index (χ2v) is 13.7. The number of thiazole rings is 1. The van der Waals surface area contributed by atoms with Crippen molar-refractivity contribution in [3.05, 3.63) is 89.8 Å². The molecule has 0 bridgehead atoms. The summed E-state index contributed by atoms with van der Waals surface area (Å²) in [6, 6.07) is 16.5. The molecule has 6 rings (SSSR count). The van der Waals surface area contributed by atoms with Gasteiger partial charge in [-0.2, -0.15) is 4.31 Å². The molecule has 1 fully saturated rings. The molecule has 3 aromatic carbocycles. The molecule has 1 aliphatic carbocycles. The van der Waals surface area contributed by atoms with Gasteiger partial charge in [0.05, 0.1) is 27.2 Å². The molecule has 1 saturated heterocycles. The lowest BCUT2D eigenvalue weighted by Crippen LogP contribution is -2.46. The van der Waals surface area contributed by atoms with E-state index in [1.54, 1.807) is 23.5 Å². The van der Waals surface area contributed by atoms with E-state index in [4.69, 9.17) is 4.98 Å². The first-order valence-electron chi connectivity index (χ1n) is 14.0. The molecule has 7 nitrogen and oxygen atoms in total.